The zero-order valence-corrected chi connectivity index (χ0v) is 24.6. The van der Waals surface area contributed by atoms with Gasteiger partial charge in [-0.2, -0.15) is 0 Å². The third-order valence-electron chi connectivity index (χ3n) is 6.22. The van der Waals surface area contributed by atoms with E-state index in [2.05, 4.69) is 21.7 Å². The van der Waals surface area contributed by atoms with E-state index >= 15 is 0 Å². The van der Waals surface area contributed by atoms with E-state index in [9.17, 15) is 19.2 Å². The van der Waals surface area contributed by atoms with Crippen LogP contribution in [0.2, 0.25) is 20.1 Å². The van der Waals surface area contributed by atoms with Crippen molar-refractivity contribution < 1.29 is 28.7 Å². The molecule has 2 aromatic rings. The van der Waals surface area contributed by atoms with Gasteiger partial charge in [0.2, 0.25) is 11.8 Å². The number of rotatable bonds is 8. The maximum Gasteiger partial charge on any atom is 0.279 e. The van der Waals surface area contributed by atoms with E-state index < -0.39 is 35.9 Å². The Balaban J connectivity index is 1.36. The molecule has 10 nitrogen and oxygen atoms in total. The summed E-state index contributed by atoms with van der Waals surface area (Å²) in [6.07, 6.45) is -0.178. The van der Waals surface area contributed by atoms with Crippen molar-refractivity contribution in [1.29, 1.82) is 0 Å². The molecule has 4 amide bonds. The molecule has 0 aliphatic heterocycles. The van der Waals surface area contributed by atoms with Gasteiger partial charge < -0.3 is 9.47 Å². The molecule has 1 aliphatic rings. The molecule has 0 radical (unpaired) electrons. The second-order valence-electron chi connectivity index (χ2n) is 9.18. The molecule has 4 N–H and O–H groups in total. The number of halogens is 4. The SMILES string of the molecule is CC(Oc1ccc(Cl)cc1Cl)C(=O)NNC(=O)C1CCC(C(=O)NNC(=O)C(C)Oc2ccc(Cl)cc2Cl)CC1. The average molecular weight is 634 g/mol. The standard InChI is InChI=1S/C26H28Cl4N4O6/c1-13(39-21-9-7-17(27)11-19(21)29)23(35)31-33-25(37)15-3-5-16(6-4-15)26(38)34-32-24(36)14(2)40-22-10-8-18(28)12-20(22)30/h7-16H,3-6H2,1-2H3,(H,31,35)(H,32,36)(H,33,37)(H,34,38). The summed E-state index contributed by atoms with van der Waals surface area (Å²) in [5, 5.41) is 1.36. The van der Waals surface area contributed by atoms with Crippen molar-refractivity contribution in [2.24, 2.45) is 11.8 Å². The first kappa shape index (κ1) is 31.6. The molecule has 1 saturated carbocycles. The highest BCUT2D eigenvalue weighted by Crippen LogP contribution is 2.30. The molecule has 2 unspecified atom stereocenters. The number of hydrogen-bond donors (Lipinski definition) is 4. The first-order valence-electron chi connectivity index (χ1n) is 12.4. The number of hydrazine groups is 2. The van der Waals surface area contributed by atoms with Crippen LogP contribution in [0.5, 0.6) is 11.5 Å². The van der Waals surface area contributed by atoms with E-state index in [1.165, 1.54) is 26.0 Å². The third-order valence-corrected chi connectivity index (χ3v) is 7.28. The second kappa shape index (κ2) is 14.6. The highest BCUT2D eigenvalue weighted by Gasteiger charge is 2.31. The Hall–Kier alpha value is -2.92. The number of ether oxygens (including phenoxy) is 2. The molecular formula is C26H28Cl4N4O6. The van der Waals surface area contributed by atoms with Gasteiger partial charge in [-0.1, -0.05) is 46.4 Å². The topological polar surface area (TPSA) is 135 Å². The Morgan fingerprint density at radius 3 is 1.32 bits per heavy atom. The van der Waals surface area contributed by atoms with E-state index in [0.717, 1.165) is 0 Å². The molecule has 1 aliphatic carbocycles. The monoisotopic (exact) mass is 632 g/mol. The summed E-state index contributed by atoms with van der Waals surface area (Å²) in [6.45, 7) is 3.02. The van der Waals surface area contributed by atoms with Gasteiger partial charge in [0, 0.05) is 21.9 Å². The maximum atomic E-state index is 12.5. The molecule has 0 aromatic heterocycles. The molecule has 14 heteroatoms. The van der Waals surface area contributed by atoms with E-state index in [0.29, 0.717) is 35.7 Å². The number of carbonyl (C=O) groups is 4. The van der Waals surface area contributed by atoms with Crippen molar-refractivity contribution in [2.75, 3.05) is 0 Å². The van der Waals surface area contributed by atoms with Crippen LogP contribution in [-0.4, -0.2) is 35.8 Å². The highest BCUT2D eigenvalue weighted by atomic mass is 35.5. The fraction of sp³-hybridized carbons (Fsp3) is 0.385. The lowest BCUT2D eigenvalue weighted by atomic mass is 9.81. The van der Waals surface area contributed by atoms with Crippen LogP contribution in [0, 0.1) is 11.8 Å². The Morgan fingerprint density at radius 1 is 0.650 bits per heavy atom. The van der Waals surface area contributed by atoms with Gasteiger partial charge >= 0.3 is 0 Å². The van der Waals surface area contributed by atoms with Crippen molar-refractivity contribution in [2.45, 2.75) is 51.7 Å². The molecule has 40 heavy (non-hydrogen) atoms. The molecule has 0 spiro atoms. The van der Waals surface area contributed by atoms with Crippen molar-refractivity contribution in [3.8, 4) is 11.5 Å². The van der Waals surface area contributed by atoms with Gasteiger partial charge in [0.1, 0.15) is 11.5 Å². The Labute approximate surface area is 251 Å². The molecule has 2 atom stereocenters. The van der Waals surface area contributed by atoms with Gasteiger partial charge in [0.25, 0.3) is 11.8 Å². The smallest absolute Gasteiger partial charge is 0.279 e. The van der Waals surface area contributed by atoms with Gasteiger partial charge in [0.05, 0.1) is 10.0 Å². The Bertz CT molecular complexity index is 1160. The van der Waals surface area contributed by atoms with Gasteiger partial charge in [-0.05, 0) is 75.9 Å². The minimum Gasteiger partial charge on any atom is -0.479 e. The van der Waals surface area contributed by atoms with E-state index in [1.54, 1.807) is 24.3 Å². The van der Waals surface area contributed by atoms with Crippen LogP contribution in [0.1, 0.15) is 39.5 Å². The predicted molar refractivity (Wildman–Crippen MR) is 151 cm³/mol. The maximum absolute atomic E-state index is 12.5. The van der Waals surface area contributed by atoms with Crippen LogP contribution in [-0.2, 0) is 19.2 Å². The number of hydrogen-bond acceptors (Lipinski definition) is 6. The number of benzene rings is 2. The van der Waals surface area contributed by atoms with Crippen LogP contribution >= 0.6 is 46.4 Å². The summed E-state index contributed by atoms with van der Waals surface area (Å²) >= 11 is 23.8. The summed E-state index contributed by atoms with van der Waals surface area (Å²) in [5.41, 5.74) is 9.50. The first-order valence-corrected chi connectivity index (χ1v) is 13.9. The normalized spacial score (nSPS) is 18.1. The molecule has 0 heterocycles. The van der Waals surface area contributed by atoms with Crippen LogP contribution in [0.15, 0.2) is 36.4 Å². The molecular weight excluding hydrogens is 606 g/mol. The van der Waals surface area contributed by atoms with Gasteiger partial charge in [-0.3, -0.25) is 40.9 Å². The van der Waals surface area contributed by atoms with Gasteiger partial charge in [-0.15, -0.1) is 0 Å². The van der Waals surface area contributed by atoms with E-state index in [4.69, 9.17) is 55.9 Å². The van der Waals surface area contributed by atoms with Gasteiger partial charge in [0.15, 0.2) is 12.2 Å². The van der Waals surface area contributed by atoms with Crippen molar-refractivity contribution in [1.82, 2.24) is 21.7 Å². The lowest BCUT2D eigenvalue weighted by Gasteiger charge is -2.27. The fourth-order valence-corrected chi connectivity index (χ4v) is 4.81. The quantitative estimate of drug-likeness (QED) is 0.313. The average Bonchev–Trinajstić information content (AvgIpc) is 2.92. The Morgan fingerprint density at radius 2 is 1.00 bits per heavy atom. The third kappa shape index (κ3) is 9.05. The summed E-state index contributed by atoms with van der Waals surface area (Å²) < 4.78 is 11.1. The Kier molecular flexibility index (Phi) is 11.6. The van der Waals surface area contributed by atoms with Gasteiger partial charge in [-0.25, -0.2) is 0 Å². The number of nitrogens with one attached hydrogen (secondary N) is 4. The summed E-state index contributed by atoms with van der Waals surface area (Å²) in [7, 11) is 0. The lowest BCUT2D eigenvalue weighted by molar-refractivity contribution is -0.136. The minimum atomic E-state index is -0.940. The van der Waals surface area contributed by atoms with Crippen LogP contribution < -0.4 is 31.2 Å². The van der Waals surface area contributed by atoms with Crippen LogP contribution in [0.4, 0.5) is 0 Å². The molecule has 0 bridgehead atoms. The fourth-order valence-electron chi connectivity index (χ4n) is 3.90. The van der Waals surface area contributed by atoms with Crippen LogP contribution in [0.3, 0.4) is 0 Å². The molecule has 1 fully saturated rings. The summed E-state index contributed by atoms with van der Waals surface area (Å²) in [4.78, 5) is 49.8. The second-order valence-corrected chi connectivity index (χ2v) is 10.9. The lowest BCUT2D eigenvalue weighted by Crippen LogP contribution is -2.51. The molecule has 0 saturated heterocycles. The molecule has 2 aromatic carbocycles. The summed E-state index contributed by atoms with van der Waals surface area (Å²) in [5.74, 6) is -2.11. The predicted octanol–water partition coefficient (Wildman–Crippen LogP) is 4.64. The van der Waals surface area contributed by atoms with Crippen molar-refractivity contribution >= 4 is 70.0 Å². The van der Waals surface area contributed by atoms with Crippen molar-refractivity contribution in [3.63, 3.8) is 0 Å². The minimum absolute atomic E-state index is 0.252. The zero-order chi connectivity index (χ0) is 29.4. The van der Waals surface area contributed by atoms with E-state index in [1.807, 2.05) is 0 Å². The highest BCUT2D eigenvalue weighted by molar-refractivity contribution is 6.36. The van der Waals surface area contributed by atoms with E-state index in [-0.39, 0.29) is 33.4 Å². The number of amides is 4. The zero-order valence-electron chi connectivity index (χ0n) is 21.6. The molecule has 3 rings (SSSR count). The van der Waals surface area contributed by atoms with Crippen molar-refractivity contribution in [3.05, 3.63) is 56.5 Å². The number of carbonyl (C=O) groups excluding carboxylic acids is 4. The first-order chi connectivity index (χ1) is 18.9. The molecule has 216 valence electrons. The largest absolute Gasteiger partial charge is 0.479 e. The van der Waals surface area contributed by atoms with Crippen LogP contribution in [0.25, 0.3) is 0 Å². The summed E-state index contributed by atoms with van der Waals surface area (Å²) in [6, 6.07) is 9.22.